The van der Waals surface area contributed by atoms with Gasteiger partial charge in [-0.05, 0) is 19.8 Å². The van der Waals surface area contributed by atoms with Gasteiger partial charge in [-0.1, -0.05) is 0 Å². The predicted octanol–water partition coefficient (Wildman–Crippen LogP) is -0.999. The molecule has 3 atom stereocenters. The standard InChI is InChI=1S/C7H16N2O2/c1-5(8)7(11)3-2-6(9)4-10/h4-7,11H,2-3,8-9H2,1H3/t5-,6-,7+/m1/s1. The second kappa shape index (κ2) is 5.23. The third-order valence-corrected chi connectivity index (χ3v) is 1.58. The molecule has 0 rings (SSSR count). The Morgan fingerprint density at radius 2 is 2.00 bits per heavy atom. The number of hydrogen-bond acceptors (Lipinski definition) is 4. The zero-order valence-electron chi connectivity index (χ0n) is 6.73. The van der Waals surface area contributed by atoms with Gasteiger partial charge in [-0.3, -0.25) is 0 Å². The van der Waals surface area contributed by atoms with E-state index in [0.717, 1.165) is 0 Å². The van der Waals surface area contributed by atoms with Crippen molar-refractivity contribution in [2.75, 3.05) is 0 Å². The van der Waals surface area contributed by atoms with E-state index in [0.29, 0.717) is 19.1 Å². The molecular weight excluding hydrogens is 144 g/mol. The number of aliphatic hydroxyl groups is 1. The molecule has 5 N–H and O–H groups in total. The molecule has 4 heteroatoms. The topological polar surface area (TPSA) is 89.3 Å². The fraction of sp³-hybridized carbons (Fsp3) is 0.857. The van der Waals surface area contributed by atoms with E-state index in [2.05, 4.69) is 0 Å². The van der Waals surface area contributed by atoms with Crippen LogP contribution in [0.5, 0.6) is 0 Å². The molecule has 0 aromatic rings. The van der Waals surface area contributed by atoms with Crippen molar-refractivity contribution in [1.82, 2.24) is 0 Å². The van der Waals surface area contributed by atoms with Crippen LogP contribution in [-0.2, 0) is 4.79 Å². The first-order valence-electron chi connectivity index (χ1n) is 3.72. The molecule has 0 heterocycles. The molecule has 0 saturated heterocycles. The van der Waals surface area contributed by atoms with Gasteiger partial charge in [0.1, 0.15) is 6.29 Å². The second-order valence-electron chi connectivity index (χ2n) is 2.80. The summed E-state index contributed by atoms with van der Waals surface area (Å²) in [5, 5.41) is 9.17. The van der Waals surface area contributed by atoms with Gasteiger partial charge >= 0.3 is 0 Å². The van der Waals surface area contributed by atoms with E-state index in [1.807, 2.05) is 0 Å². The molecule has 0 aliphatic carbocycles. The summed E-state index contributed by atoms with van der Waals surface area (Å²) in [5.41, 5.74) is 10.7. The molecule has 0 aromatic heterocycles. The minimum Gasteiger partial charge on any atom is -0.392 e. The van der Waals surface area contributed by atoms with Gasteiger partial charge in [0.25, 0.3) is 0 Å². The first-order valence-corrected chi connectivity index (χ1v) is 3.72. The predicted molar refractivity (Wildman–Crippen MR) is 42.9 cm³/mol. The van der Waals surface area contributed by atoms with Crippen molar-refractivity contribution >= 4 is 6.29 Å². The van der Waals surface area contributed by atoms with Crippen molar-refractivity contribution < 1.29 is 9.90 Å². The fourth-order valence-corrected chi connectivity index (χ4v) is 0.694. The average Bonchev–Trinajstić information content (AvgIpc) is 1.99. The van der Waals surface area contributed by atoms with Crippen molar-refractivity contribution in [3.63, 3.8) is 0 Å². The lowest BCUT2D eigenvalue weighted by atomic mass is 10.1. The maximum absolute atomic E-state index is 10.0. The normalized spacial score (nSPS) is 18.9. The first kappa shape index (κ1) is 10.6. The Morgan fingerprint density at radius 1 is 1.45 bits per heavy atom. The molecular formula is C7H16N2O2. The van der Waals surface area contributed by atoms with Crippen LogP contribution in [0.25, 0.3) is 0 Å². The van der Waals surface area contributed by atoms with E-state index < -0.39 is 12.1 Å². The van der Waals surface area contributed by atoms with Gasteiger partial charge < -0.3 is 21.4 Å². The molecule has 0 unspecified atom stereocenters. The number of hydrogen-bond donors (Lipinski definition) is 3. The largest absolute Gasteiger partial charge is 0.392 e. The number of nitrogens with two attached hydrogens (primary N) is 2. The van der Waals surface area contributed by atoms with Crippen LogP contribution in [0.1, 0.15) is 19.8 Å². The third kappa shape index (κ3) is 4.89. The lowest BCUT2D eigenvalue weighted by Gasteiger charge is -2.14. The highest BCUT2D eigenvalue weighted by molar-refractivity contribution is 5.56. The summed E-state index contributed by atoms with van der Waals surface area (Å²) in [5.74, 6) is 0. The van der Waals surface area contributed by atoms with Crippen molar-refractivity contribution in [2.45, 2.75) is 38.0 Å². The zero-order chi connectivity index (χ0) is 8.85. The Morgan fingerprint density at radius 3 is 2.36 bits per heavy atom. The summed E-state index contributed by atoms with van der Waals surface area (Å²) in [6, 6.07) is -0.725. The van der Waals surface area contributed by atoms with Crippen LogP contribution in [0.3, 0.4) is 0 Å². The Kier molecular flexibility index (Phi) is 5.02. The SMILES string of the molecule is C[C@@H](N)[C@@H](O)CC[C@@H](N)C=O. The van der Waals surface area contributed by atoms with E-state index in [1.54, 1.807) is 6.92 Å². The lowest BCUT2D eigenvalue weighted by Crippen LogP contribution is -2.33. The molecule has 0 aromatic carbocycles. The molecule has 0 spiro atoms. The quantitative estimate of drug-likeness (QED) is 0.450. The summed E-state index contributed by atoms with van der Waals surface area (Å²) in [6.07, 6.45) is 1.10. The van der Waals surface area contributed by atoms with Gasteiger partial charge in [-0.2, -0.15) is 0 Å². The molecule has 0 amide bonds. The third-order valence-electron chi connectivity index (χ3n) is 1.58. The summed E-state index contributed by atoms with van der Waals surface area (Å²) in [7, 11) is 0. The van der Waals surface area contributed by atoms with Crippen molar-refractivity contribution in [3.05, 3.63) is 0 Å². The molecule has 4 nitrogen and oxygen atoms in total. The van der Waals surface area contributed by atoms with Crippen molar-refractivity contribution in [1.29, 1.82) is 0 Å². The van der Waals surface area contributed by atoms with Crippen LogP contribution < -0.4 is 11.5 Å². The smallest absolute Gasteiger partial charge is 0.136 e. The van der Waals surface area contributed by atoms with E-state index in [-0.39, 0.29) is 6.04 Å². The Bertz CT molecular complexity index is 117. The molecule has 0 aliphatic rings. The molecule has 0 saturated carbocycles. The second-order valence-corrected chi connectivity index (χ2v) is 2.80. The first-order chi connectivity index (χ1) is 5.07. The lowest BCUT2D eigenvalue weighted by molar-refractivity contribution is -0.109. The van der Waals surface area contributed by atoms with Gasteiger partial charge in [-0.15, -0.1) is 0 Å². The highest BCUT2D eigenvalue weighted by Gasteiger charge is 2.10. The maximum atomic E-state index is 10.0. The van der Waals surface area contributed by atoms with E-state index in [9.17, 15) is 9.90 Å². The molecule has 0 radical (unpaired) electrons. The van der Waals surface area contributed by atoms with Crippen LogP contribution in [0.4, 0.5) is 0 Å². The van der Waals surface area contributed by atoms with Gasteiger partial charge in [-0.25, -0.2) is 0 Å². The van der Waals surface area contributed by atoms with Crippen LogP contribution in [0.15, 0.2) is 0 Å². The summed E-state index contributed by atoms with van der Waals surface area (Å²) >= 11 is 0. The number of carbonyl (C=O) groups excluding carboxylic acids is 1. The van der Waals surface area contributed by atoms with Gasteiger partial charge in [0.15, 0.2) is 0 Å². The average molecular weight is 160 g/mol. The van der Waals surface area contributed by atoms with E-state index in [1.165, 1.54) is 0 Å². The number of aliphatic hydroxyl groups excluding tert-OH is 1. The molecule has 0 aliphatic heterocycles. The van der Waals surface area contributed by atoms with Crippen LogP contribution in [0, 0.1) is 0 Å². The van der Waals surface area contributed by atoms with E-state index in [4.69, 9.17) is 11.5 Å². The van der Waals surface area contributed by atoms with Gasteiger partial charge in [0.05, 0.1) is 12.1 Å². The number of carbonyl (C=O) groups is 1. The summed E-state index contributed by atoms with van der Waals surface area (Å²) in [6.45, 7) is 1.72. The Hall–Kier alpha value is -0.450. The van der Waals surface area contributed by atoms with Crippen molar-refractivity contribution in [2.24, 2.45) is 11.5 Å². The van der Waals surface area contributed by atoms with Crippen LogP contribution in [0.2, 0.25) is 0 Å². The molecule has 66 valence electrons. The van der Waals surface area contributed by atoms with E-state index >= 15 is 0 Å². The van der Waals surface area contributed by atoms with Crippen LogP contribution >= 0.6 is 0 Å². The zero-order valence-corrected chi connectivity index (χ0v) is 6.73. The molecule has 0 fully saturated rings. The Balaban J connectivity index is 3.45. The summed E-state index contributed by atoms with van der Waals surface area (Å²) < 4.78 is 0. The van der Waals surface area contributed by atoms with Crippen molar-refractivity contribution in [3.8, 4) is 0 Å². The van der Waals surface area contributed by atoms with Crippen LogP contribution in [-0.4, -0.2) is 29.6 Å². The number of aldehydes is 1. The van der Waals surface area contributed by atoms with Gasteiger partial charge in [0.2, 0.25) is 0 Å². The minimum atomic E-state index is -0.555. The van der Waals surface area contributed by atoms with Gasteiger partial charge in [0, 0.05) is 6.04 Å². The molecule has 11 heavy (non-hydrogen) atoms. The maximum Gasteiger partial charge on any atom is 0.136 e. The Labute approximate surface area is 66.6 Å². The monoisotopic (exact) mass is 160 g/mol. The fourth-order valence-electron chi connectivity index (χ4n) is 0.694. The highest BCUT2D eigenvalue weighted by Crippen LogP contribution is 2.01. The highest BCUT2D eigenvalue weighted by atomic mass is 16.3. The summed E-state index contributed by atoms with van der Waals surface area (Å²) in [4.78, 5) is 10.0. The number of rotatable bonds is 5. The molecule has 0 bridgehead atoms. The minimum absolute atomic E-state index is 0.256.